The van der Waals surface area contributed by atoms with Crippen LogP contribution in [0, 0.1) is 28.8 Å². The van der Waals surface area contributed by atoms with Crippen molar-refractivity contribution in [2.75, 3.05) is 0 Å². The molecule has 2 aromatic carbocycles. The SMILES string of the molecule is N#Cc1ccc(COc2cccc(-c3cc(F)c(Cc4nnc(-c5cc(=O)[nH]o5)n4Cc4ncco4)cc3F)n2)c(F)c1. The van der Waals surface area contributed by atoms with E-state index in [1.54, 1.807) is 6.07 Å². The number of pyridine rings is 1. The minimum absolute atomic E-state index is 0.0203. The molecule has 14 heteroatoms. The molecule has 1 N–H and O–H groups in total. The first kappa shape index (κ1) is 27.2. The largest absolute Gasteiger partial charge is 0.473 e. The fourth-order valence-electron chi connectivity index (χ4n) is 4.30. The molecule has 0 aliphatic rings. The molecule has 0 spiro atoms. The molecule has 4 aromatic heterocycles. The van der Waals surface area contributed by atoms with Gasteiger partial charge in [0, 0.05) is 23.6 Å². The fraction of sp³-hybridized carbons (Fsp3) is 0.103. The lowest BCUT2D eigenvalue weighted by Crippen LogP contribution is -2.09. The lowest BCUT2D eigenvalue weighted by atomic mass is 10.0. The first-order valence-corrected chi connectivity index (χ1v) is 12.6. The van der Waals surface area contributed by atoms with E-state index >= 15 is 8.78 Å². The number of nitrogens with one attached hydrogen (secondary N) is 1. The van der Waals surface area contributed by atoms with Gasteiger partial charge in [-0.05, 0) is 35.9 Å². The molecule has 4 heterocycles. The zero-order valence-corrected chi connectivity index (χ0v) is 21.9. The Morgan fingerprint density at radius 1 is 1.00 bits per heavy atom. The van der Waals surface area contributed by atoms with Crippen LogP contribution in [0.25, 0.3) is 22.8 Å². The Labute approximate surface area is 239 Å². The normalized spacial score (nSPS) is 11.0. The Balaban J connectivity index is 1.25. The zero-order valence-electron chi connectivity index (χ0n) is 21.9. The number of hydrogen-bond acceptors (Lipinski definition) is 9. The van der Waals surface area contributed by atoms with Gasteiger partial charge in [-0.15, -0.1) is 10.2 Å². The van der Waals surface area contributed by atoms with Gasteiger partial charge in [-0.2, -0.15) is 10.4 Å². The molecular weight excluding hydrogens is 567 g/mol. The van der Waals surface area contributed by atoms with Gasteiger partial charge in [-0.25, -0.2) is 23.1 Å². The topological polar surface area (TPSA) is 149 Å². The van der Waals surface area contributed by atoms with Gasteiger partial charge in [0.1, 0.15) is 42.7 Å². The zero-order chi connectivity index (χ0) is 29.9. The summed E-state index contributed by atoms with van der Waals surface area (Å²) >= 11 is 0. The first-order chi connectivity index (χ1) is 20.9. The summed E-state index contributed by atoms with van der Waals surface area (Å²) in [5, 5.41) is 19.2. The minimum Gasteiger partial charge on any atom is -0.473 e. The number of ether oxygens (including phenoxy) is 1. The monoisotopic (exact) mass is 585 g/mol. The third-order valence-corrected chi connectivity index (χ3v) is 6.39. The van der Waals surface area contributed by atoms with E-state index in [0.29, 0.717) is 0 Å². The molecule has 0 radical (unpaired) electrons. The third-order valence-electron chi connectivity index (χ3n) is 6.39. The number of rotatable bonds is 9. The summed E-state index contributed by atoms with van der Waals surface area (Å²) in [4.78, 5) is 19.9. The third kappa shape index (κ3) is 5.77. The predicted molar refractivity (Wildman–Crippen MR) is 142 cm³/mol. The van der Waals surface area contributed by atoms with Crippen LogP contribution in [0.5, 0.6) is 5.88 Å². The summed E-state index contributed by atoms with van der Waals surface area (Å²) < 4.78 is 62.5. The van der Waals surface area contributed by atoms with Gasteiger partial charge in [-0.1, -0.05) is 12.1 Å². The molecule has 0 bridgehead atoms. The Kier molecular flexibility index (Phi) is 7.27. The smallest absolute Gasteiger partial charge is 0.280 e. The maximum absolute atomic E-state index is 15.4. The maximum Gasteiger partial charge on any atom is 0.280 e. The molecule has 11 nitrogen and oxygen atoms in total. The highest BCUT2D eigenvalue weighted by atomic mass is 19.1. The Hall–Kier alpha value is -5.97. The van der Waals surface area contributed by atoms with Crippen molar-refractivity contribution >= 4 is 0 Å². The van der Waals surface area contributed by atoms with E-state index in [1.165, 1.54) is 47.4 Å². The van der Waals surface area contributed by atoms with Crippen LogP contribution in [0.3, 0.4) is 0 Å². The van der Waals surface area contributed by atoms with Gasteiger partial charge in [0.05, 0.1) is 29.6 Å². The van der Waals surface area contributed by atoms with Gasteiger partial charge >= 0.3 is 0 Å². The first-order valence-electron chi connectivity index (χ1n) is 12.6. The molecule has 214 valence electrons. The van der Waals surface area contributed by atoms with Gasteiger partial charge in [0.2, 0.25) is 23.4 Å². The summed E-state index contributed by atoms with van der Waals surface area (Å²) in [5.74, 6) is -1.27. The van der Waals surface area contributed by atoms with Crippen LogP contribution >= 0.6 is 0 Å². The molecule has 43 heavy (non-hydrogen) atoms. The fourth-order valence-corrected chi connectivity index (χ4v) is 4.30. The molecule has 6 rings (SSSR count). The Morgan fingerprint density at radius 2 is 1.86 bits per heavy atom. The van der Waals surface area contributed by atoms with E-state index in [0.717, 1.165) is 18.2 Å². The molecule has 0 aliphatic heterocycles. The lowest BCUT2D eigenvalue weighted by molar-refractivity contribution is 0.288. The van der Waals surface area contributed by atoms with Crippen molar-refractivity contribution in [1.29, 1.82) is 5.26 Å². The Morgan fingerprint density at radius 3 is 2.60 bits per heavy atom. The average Bonchev–Trinajstić information content (AvgIpc) is 3.77. The van der Waals surface area contributed by atoms with Crippen molar-refractivity contribution in [3.05, 3.63) is 123 Å². The highest BCUT2D eigenvalue weighted by Gasteiger charge is 2.22. The number of aromatic nitrogens is 6. The Bertz CT molecular complexity index is 2030. The molecule has 0 saturated carbocycles. The quantitative estimate of drug-likeness (QED) is 0.253. The number of nitriles is 1. The number of nitrogens with zero attached hydrogens (tertiary/aromatic N) is 6. The summed E-state index contributed by atoms with van der Waals surface area (Å²) in [6.07, 6.45) is 2.66. The number of H-pyrrole nitrogens is 1. The summed E-state index contributed by atoms with van der Waals surface area (Å²) in [7, 11) is 0. The van der Waals surface area contributed by atoms with Crippen molar-refractivity contribution < 1.29 is 26.8 Å². The number of oxazole rings is 1. The van der Waals surface area contributed by atoms with Gasteiger partial charge < -0.3 is 13.7 Å². The van der Waals surface area contributed by atoms with Crippen molar-refractivity contribution in [2.45, 2.75) is 19.6 Å². The standard InChI is InChI=1S/C29H18F3N7O4/c30-20-8-16(13-33)4-5-17(20)15-42-27-3-1-2-23(35-27)19-11-21(31)18(9-22(19)32)10-25-36-37-29(24-12-26(40)38-43-24)39(25)14-28-34-6-7-41-28/h1-9,11-12H,10,14-15H2,(H,38,40). The van der Waals surface area contributed by atoms with Crippen molar-refractivity contribution in [2.24, 2.45) is 0 Å². The van der Waals surface area contributed by atoms with E-state index in [4.69, 9.17) is 18.9 Å². The minimum atomic E-state index is -0.755. The number of aromatic amines is 1. The molecule has 0 amide bonds. The van der Waals surface area contributed by atoms with Crippen LogP contribution in [0.4, 0.5) is 13.2 Å². The number of halogens is 3. The molecule has 6 aromatic rings. The second kappa shape index (κ2) is 11.5. The highest BCUT2D eigenvalue weighted by molar-refractivity contribution is 5.61. The van der Waals surface area contributed by atoms with Crippen molar-refractivity contribution in [3.8, 4) is 34.8 Å². The average molecular weight is 586 g/mol. The molecular formula is C29H18F3N7O4. The van der Waals surface area contributed by atoms with Crippen molar-refractivity contribution in [1.82, 2.24) is 29.9 Å². The summed E-state index contributed by atoms with van der Waals surface area (Å²) in [6.45, 7) is -0.156. The van der Waals surface area contributed by atoms with Gasteiger partial charge in [0.15, 0.2) is 0 Å². The molecule has 0 atom stereocenters. The predicted octanol–water partition coefficient (Wildman–Crippen LogP) is 4.78. The van der Waals surface area contributed by atoms with Crippen LogP contribution in [-0.4, -0.2) is 29.9 Å². The maximum atomic E-state index is 15.4. The van der Waals surface area contributed by atoms with E-state index in [9.17, 15) is 9.18 Å². The van der Waals surface area contributed by atoms with Crippen LogP contribution in [0.1, 0.15) is 28.4 Å². The van der Waals surface area contributed by atoms with Crippen LogP contribution < -0.4 is 10.3 Å². The lowest BCUT2D eigenvalue weighted by Gasteiger charge is -2.11. The number of benzene rings is 2. The van der Waals surface area contributed by atoms with E-state index in [-0.39, 0.29) is 76.7 Å². The summed E-state index contributed by atoms with van der Waals surface area (Å²) in [5.41, 5.74) is -0.162. The molecule has 0 aliphatic carbocycles. The van der Waals surface area contributed by atoms with E-state index in [1.807, 2.05) is 6.07 Å². The summed E-state index contributed by atoms with van der Waals surface area (Å²) in [6, 6.07) is 13.6. The van der Waals surface area contributed by atoms with Crippen molar-refractivity contribution in [3.63, 3.8) is 0 Å². The van der Waals surface area contributed by atoms with E-state index < -0.39 is 23.0 Å². The second-order valence-corrected chi connectivity index (χ2v) is 9.20. The molecule has 0 fully saturated rings. The molecule has 0 unspecified atom stereocenters. The van der Waals surface area contributed by atoms with Gasteiger partial charge in [0.25, 0.3) is 5.56 Å². The van der Waals surface area contributed by atoms with Crippen LogP contribution in [-0.2, 0) is 19.6 Å². The molecule has 0 saturated heterocycles. The van der Waals surface area contributed by atoms with Gasteiger partial charge in [-0.3, -0.25) is 9.36 Å². The van der Waals surface area contributed by atoms with Crippen LogP contribution in [0.15, 0.2) is 80.8 Å². The van der Waals surface area contributed by atoms with Crippen LogP contribution in [0.2, 0.25) is 0 Å². The second-order valence-electron chi connectivity index (χ2n) is 9.20. The van der Waals surface area contributed by atoms with E-state index in [2.05, 4.69) is 25.3 Å². The highest BCUT2D eigenvalue weighted by Crippen LogP contribution is 2.28. The number of hydrogen-bond donors (Lipinski definition) is 1.